The first-order valence-corrected chi connectivity index (χ1v) is 9.92. The quantitative estimate of drug-likeness (QED) is 0.518. The van der Waals surface area contributed by atoms with Gasteiger partial charge in [0.05, 0.1) is 6.67 Å². The Bertz CT molecular complexity index is 708. The van der Waals surface area contributed by atoms with Crippen molar-refractivity contribution in [3.8, 4) is 0 Å². The molecular formula is C22H33FN4. The molecule has 0 bridgehead atoms. The molecule has 27 heavy (non-hydrogen) atoms. The van der Waals surface area contributed by atoms with E-state index in [0.717, 1.165) is 35.5 Å². The summed E-state index contributed by atoms with van der Waals surface area (Å²) in [6, 6.07) is 5.99. The number of hydrogen-bond acceptors (Lipinski definition) is 4. The molecule has 148 valence electrons. The predicted octanol–water partition coefficient (Wildman–Crippen LogP) is 4.31. The molecule has 0 saturated carbocycles. The van der Waals surface area contributed by atoms with Crippen LogP contribution in [-0.4, -0.2) is 50.2 Å². The molecule has 1 aromatic carbocycles. The average molecular weight is 373 g/mol. The van der Waals surface area contributed by atoms with Gasteiger partial charge in [-0.2, -0.15) is 0 Å². The first kappa shape index (κ1) is 21.5. The van der Waals surface area contributed by atoms with Crippen LogP contribution < -0.4 is 5.32 Å². The molecule has 1 aliphatic heterocycles. The zero-order valence-corrected chi connectivity index (χ0v) is 17.2. The highest BCUT2D eigenvalue weighted by Crippen LogP contribution is 2.27. The lowest BCUT2D eigenvalue weighted by Crippen LogP contribution is -2.35. The normalized spacial score (nSPS) is 19.3. The summed E-state index contributed by atoms with van der Waals surface area (Å²) in [5.41, 5.74) is 3.85. The Hall–Kier alpha value is -1.85. The molecule has 0 aromatic heterocycles. The van der Waals surface area contributed by atoms with E-state index in [1.807, 2.05) is 32.9 Å². The lowest BCUT2D eigenvalue weighted by molar-refractivity contribution is 0.302. The molecule has 0 amide bonds. The number of allylic oxidation sites excluding steroid dienone is 2. The molecule has 1 heterocycles. The van der Waals surface area contributed by atoms with E-state index in [4.69, 9.17) is 0 Å². The van der Waals surface area contributed by atoms with Crippen molar-refractivity contribution in [2.45, 2.75) is 52.5 Å². The summed E-state index contributed by atoms with van der Waals surface area (Å²) >= 11 is 0. The summed E-state index contributed by atoms with van der Waals surface area (Å²) in [4.78, 5) is 11.2. The van der Waals surface area contributed by atoms with Crippen LogP contribution in [0.4, 0.5) is 4.39 Å². The Morgan fingerprint density at radius 2 is 2.15 bits per heavy atom. The summed E-state index contributed by atoms with van der Waals surface area (Å²) in [6.45, 7) is 12.2. The lowest BCUT2D eigenvalue weighted by atomic mass is 9.96. The average Bonchev–Trinajstić information content (AvgIpc) is 3.08. The molecule has 2 rings (SSSR count). The number of nitrogens with one attached hydrogen (secondary N) is 1. The van der Waals surface area contributed by atoms with Gasteiger partial charge >= 0.3 is 0 Å². The third-order valence-electron chi connectivity index (χ3n) is 5.37. The van der Waals surface area contributed by atoms with Gasteiger partial charge in [0.1, 0.15) is 5.82 Å². The van der Waals surface area contributed by atoms with Crippen molar-refractivity contribution >= 4 is 18.0 Å². The second kappa shape index (κ2) is 10.5. The lowest BCUT2D eigenvalue weighted by Gasteiger charge is -2.19. The number of likely N-dealkylation sites (N-methyl/N-ethyl adjacent to an activating group) is 1. The van der Waals surface area contributed by atoms with Crippen LogP contribution >= 0.6 is 0 Å². The van der Waals surface area contributed by atoms with Gasteiger partial charge in [-0.1, -0.05) is 26.0 Å². The molecule has 1 unspecified atom stereocenters. The molecule has 1 N–H and O–H groups in total. The van der Waals surface area contributed by atoms with Gasteiger partial charge in [-0.15, -0.1) is 0 Å². The van der Waals surface area contributed by atoms with Gasteiger partial charge in [0.2, 0.25) is 0 Å². The van der Waals surface area contributed by atoms with E-state index < -0.39 is 0 Å². The maximum Gasteiger partial charge on any atom is 0.131 e. The monoisotopic (exact) mass is 372 g/mol. The van der Waals surface area contributed by atoms with Gasteiger partial charge in [0, 0.05) is 35.1 Å². The number of nitrogens with zero attached hydrogens (tertiary/aromatic N) is 3. The van der Waals surface area contributed by atoms with Crippen molar-refractivity contribution in [3.63, 3.8) is 0 Å². The Kier molecular flexibility index (Phi) is 8.32. The van der Waals surface area contributed by atoms with Crippen molar-refractivity contribution < 1.29 is 4.39 Å². The summed E-state index contributed by atoms with van der Waals surface area (Å²) in [5, 5.41) is 3.41. The van der Waals surface area contributed by atoms with Crippen molar-refractivity contribution in [3.05, 3.63) is 40.8 Å². The summed E-state index contributed by atoms with van der Waals surface area (Å²) in [5.74, 6) is -0.228. The minimum Gasteiger partial charge on any atom is -0.302 e. The smallest absolute Gasteiger partial charge is 0.131 e. The highest BCUT2D eigenvalue weighted by atomic mass is 19.1. The zero-order chi connectivity index (χ0) is 19.8. The van der Waals surface area contributed by atoms with Crippen LogP contribution in [-0.2, 0) is 6.42 Å². The van der Waals surface area contributed by atoms with Crippen molar-refractivity contribution in [1.82, 2.24) is 10.2 Å². The highest BCUT2D eigenvalue weighted by Gasteiger charge is 2.20. The van der Waals surface area contributed by atoms with Crippen LogP contribution in [0.2, 0.25) is 0 Å². The second-order valence-electron chi connectivity index (χ2n) is 7.13. The van der Waals surface area contributed by atoms with Crippen LogP contribution in [0.1, 0.15) is 51.2 Å². The standard InChI is InChI=1S/C22H33FN4/c1-6-17-10-11-19(20(23)13-17)22(21(7-2)24-4)16(3)26-15-25-14-18-9-8-12-27(18)5/h10-11,13,18,25H,4,6-9,12,14-15H2,1-3,5H3/b22-21+,26-16-. The number of likely N-dealkylation sites (tertiary alicyclic amines) is 1. The summed E-state index contributed by atoms with van der Waals surface area (Å²) < 4.78 is 14.7. The van der Waals surface area contributed by atoms with Gasteiger partial charge < -0.3 is 4.90 Å². The Morgan fingerprint density at radius 3 is 2.70 bits per heavy atom. The van der Waals surface area contributed by atoms with Crippen molar-refractivity contribution in [2.24, 2.45) is 9.98 Å². The van der Waals surface area contributed by atoms with Gasteiger partial charge in [-0.3, -0.25) is 15.3 Å². The van der Waals surface area contributed by atoms with E-state index in [1.165, 1.54) is 19.4 Å². The minimum absolute atomic E-state index is 0.228. The number of rotatable bonds is 9. The molecule has 0 radical (unpaired) electrons. The number of aryl methyl sites for hydroxylation is 1. The molecule has 0 aliphatic carbocycles. The topological polar surface area (TPSA) is 40.0 Å². The summed E-state index contributed by atoms with van der Waals surface area (Å²) in [7, 11) is 2.17. The van der Waals surface area contributed by atoms with E-state index in [-0.39, 0.29) is 5.82 Å². The number of benzene rings is 1. The highest BCUT2D eigenvalue weighted by molar-refractivity contribution is 6.23. The van der Waals surface area contributed by atoms with E-state index in [2.05, 4.69) is 34.0 Å². The van der Waals surface area contributed by atoms with Crippen LogP contribution in [0, 0.1) is 5.82 Å². The van der Waals surface area contributed by atoms with Crippen LogP contribution in [0.15, 0.2) is 33.9 Å². The van der Waals surface area contributed by atoms with E-state index in [1.54, 1.807) is 6.07 Å². The first-order chi connectivity index (χ1) is 13.0. The van der Waals surface area contributed by atoms with E-state index in [9.17, 15) is 4.39 Å². The minimum atomic E-state index is -0.228. The number of hydrogen-bond donors (Lipinski definition) is 1. The second-order valence-corrected chi connectivity index (χ2v) is 7.13. The SMILES string of the molecule is C=N/C(CC)=C(\C(C)=N/CNCC1CCCN1C)c1ccc(CC)cc1F. The molecule has 1 atom stereocenters. The fourth-order valence-electron chi connectivity index (χ4n) is 3.63. The molecule has 4 nitrogen and oxygen atoms in total. The molecule has 1 aliphatic rings. The molecule has 1 aromatic rings. The van der Waals surface area contributed by atoms with E-state index >= 15 is 0 Å². The first-order valence-electron chi connectivity index (χ1n) is 9.92. The molecule has 0 spiro atoms. The third-order valence-corrected chi connectivity index (χ3v) is 5.37. The Morgan fingerprint density at radius 1 is 1.37 bits per heavy atom. The molecule has 1 saturated heterocycles. The van der Waals surface area contributed by atoms with Gasteiger partial charge in [0.15, 0.2) is 0 Å². The molecule has 5 heteroatoms. The number of halogens is 1. The molecular weight excluding hydrogens is 339 g/mol. The fourth-order valence-corrected chi connectivity index (χ4v) is 3.63. The van der Waals surface area contributed by atoms with E-state index in [0.29, 0.717) is 24.7 Å². The van der Waals surface area contributed by atoms with Gasteiger partial charge in [-0.25, -0.2) is 4.39 Å². The van der Waals surface area contributed by atoms with Crippen LogP contribution in [0.5, 0.6) is 0 Å². The van der Waals surface area contributed by atoms with Gasteiger partial charge in [-0.05, 0) is 64.5 Å². The van der Waals surface area contributed by atoms with Crippen molar-refractivity contribution in [2.75, 3.05) is 26.8 Å². The van der Waals surface area contributed by atoms with Crippen LogP contribution in [0.3, 0.4) is 0 Å². The van der Waals surface area contributed by atoms with Gasteiger partial charge in [0.25, 0.3) is 0 Å². The maximum absolute atomic E-state index is 14.7. The maximum atomic E-state index is 14.7. The number of aliphatic imine (C=N–C) groups is 2. The predicted molar refractivity (Wildman–Crippen MR) is 114 cm³/mol. The van der Waals surface area contributed by atoms with Crippen molar-refractivity contribution in [1.29, 1.82) is 0 Å². The Balaban J connectivity index is 2.18. The summed E-state index contributed by atoms with van der Waals surface area (Å²) in [6.07, 6.45) is 3.98. The molecule has 1 fully saturated rings. The largest absolute Gasteiger partial charge is 0.302 e. The Labute approximate surface area is 163 Å². The third kappa shape index (κ3) is 5.56. The zero-order valence-electron chi connectivity index (χ0n) is 17.2. The fraction of sp³-hybridized carbons (Fsp3) is 0.545. The van der Waals surface area contributed by atoms with Crippen LogP contribution in [0.25, 0.3) is 5.57 Å².